The molecule has 2 aliphatic rings. The summed E-state index contributed by atoms with van der Waals surface area (Å²) >= 11 is 0. The van der Waals surface area contributed by atoms with Crippen LogP contribution in [0.25, 0.3) is 10.8 Å². The zero-order chi connectivity index (χ0) is 21.2. The van der Waals surface area contributed by atoms with E-state index >= 15 is 0 Å². The number of fused-ring (bicyclic) bond motifs is 1. The molecule has 164 valence electrons. The Morgan fingerprint density at radius 1 is 1.07 bits per heavy atom. The Bertz CT molecular complexity index is 1100. The van der Waals surface area contributed by atoms with Gasteiger partial charge in [-0.05, 0) is 42.3 Å². The molecular formula is C21H28N2O5S2. The van der Waals surface area contributed by atoms with Crippen LogP contribution in [0.2, 0.25) is 0 Å². The van der Waals surface area contributed by atoms with Crippen molar-refractivity contribution in [3.05, 3.63) is 42.5 Å². The predicted molar refractivity (Wildman–Crippen MR) is 117 cm³/mol. The first kappa shape index (κ1) is 21.7. The van der Waals surface area contributed by atoms with Crippen LogP contribution in [0.4, 0.5) is 0 Å². The summed E-state index contributed by atoms with van der Waals surface area (Å²) in [7, 11) is -7.00. The van der Waals surface area contributed by atoms with Crippen molar-refractivity contribution in [2.75, 3.05) is 50.9 Å². The average molecular weight is 453 g/mol. The Morgan fingerprint density at radius 3 is 2.50 bits per heavy atom. The highest BCUT2D eigenvalue weighted by molar-refractivity contribution is 7.92. The molecule has 0 unspecified atom stereocenters. The number of sulfone groups is 1. The number of nitrogens with zero attached hydrogens (tertiary/aromatic N) is 2. The summed E-state index contributed by atoms with van der Waals surface area (Å²) in [5, 5.41) is 1.82. The van der Waals surface area contributed by atoms with E-state index in [9.17, 15) is 16.8 Å². The van der Waals surface area contributed by atoms with Crippen molar-refractivity contribution >= 4 is 30.6 Å². The van der Waals surface area contributed by atoms with Gasteiger partial charge in [0.25, 0.3) is 0 Å². The SMILES string of the molecule is O=S1(=O)CC[C@H](N(CCCN2CCOCC2)S(=O)(=O)c2ccc3ccccc3c2)C1. The van der Waals surface area contributed by atoms with Gasteiger partial charge in [0, 0.05) is 25.7 Å². The summed E-state index contributed by atoms with van der Waals surface area (Å²) in [5.41, 5.74) is 0. The van der Waals surface area contributed by atoms with Crippen molar-refractivity contribution in [3.8, 4) is 0 Å². The van der Waals surface area contributed by atoms with Gasteiger partial charge in [0.1, 0.15) is 0 Å². The van der Waals surface area contributed by atoms with E-state index in [0.717, 1.165) is 30.4 Å². The van der Waals surface area contributed by atoms with Crippen LogP contribution in [0.1, 0.15) is 12.8 Å². The number of ether oxygens (including phenoxy) is 1. The normalized spacial score (nSPS) is 22.6. The number of rotatable bonds is 7. The molecule has 2 saturated heterocycles. The molecule has 2 aliphatic heterocycles. The molecule has 0 aliphatic carbocycles. The summed E-state index contributed by atoms with van der Waals surface area (Å²) in [4.78, 5) is 2.48. The van der Waals surface area contributed by atoms with Crippen molar-refractivity contribution in [3.63, 3.8) is 0 Å². The molecule has 4 rings (SSSR count). The maximum Gasteiger partial charge on any atom is 0.243 e. The molecule has 0 N–H and O–H groups in total. The molecular weight excluding hydrogens is 424 g/mol. The molecule has 0 bridgehead atoms. The Morgan fingerprint density at radius 2 is 1.80 bits per heavy atom. The van der Waals surface area contributed by atoms with E-state index in [1.54, 1.807) is 18.2 Å². The molecule has 1 atom stereocenters. The Kier molecular flexibility index (Phi) is 6.45. The van der Waals surface area contributed by atoms with E-state index in [4.69, 9.17) is 4.74 Å². The zero-order valence-electron chi connectivity index (χ0n) is 16.9. The van der Waals surface area contributed by atoms with Crippen molar-refractivity contribution in [2.45, 2.75) is 23.8 Å². The second-order valence-electron chi connectivity index (χ2n) is 7.99. The first-order valence-electron chi connectivity index (χ1n) is 10.4. The summed E-state index contributed by atoms with van der Waals surface area (Å²) in [5.74, 6) is -0.0533. The van der Waals surface area contributed by atoms with Gasteiger partial charge in [-0.3, -0.25) is 4.90 Å². The smallest absolute Gasteiger partial charge is 0.243 e. The maximum atomic E-state index is 13.6. The number of sulfonamides is 1. The molecule has 0 amide bonds. The first-order valence-corrected chi connectivity index (χ1v) is 13.6. The average Bonchev–Trinajstić information content (AvgIpc) is 3.10. The quantitative estimate of drug-likeness (QED) is 0.636. The fraction of sp³-hybridized carbons (Fsp3) is 0.524. The molecule has 0 radical (unpaired) electrons. The monoisotopic (exact) mass is 452 g/mol. The highest BCUT2D eigenvalue weighted by Crippen LogP contribution is 2.27. The summed E-state index contributed by atoms with van der Waals surface area (Å²) in [6, 6.07) is 12.2. The molecule has 2 heterocycles. The Balaban J connectivity index is 1.57. The van der Waals surface area contributed by atoms with Crippen LogP contribution in [-0.4, -0.2) is 83.0 Å². The van der Waals surface area contributed by atoms with Crippen LogP contribution in [0.3, 0.4) is 0 Å². The molecule has 2 aromatic carbocycles. The standard InChI is InChI=1S/C21H28N2O5S2/c24-29(25)15-8-20(17-29)23(10-3-9-22-11-13-28-14-12-22)30(26,27)21-7-6-18-4-1-2-5-19(18)16-21/h1-2,4-7,16,20H,3,8-15,17H2/t20-/m0/s1. The van der Waals surface area contributed by atoms with Gasteiger partial charge < -0.3 is 4.74 Å². The van der Waals surface area contributed by atoms with E-state index in [-0.39, 0.29) is 16.4 Å². The van der Waals surface area contributed by atoms with E-state index in [1.165, 1.54) is 4.31 Å². The third kappa shape index (κ3) is 4.86. The topological polar surface area (TPSA) is 84.0 Å². The van der Waals surface area contributed by atoms with Crippen LogP contribution >= 0.6 is 0 Å². The van der Waals surface area contributed by atoms with Gasteiger partial charge >= 0.3 is 0 Å². The minimum Gasteiger partial charge on any atom is -0.379 e. The second-order valence-corrected chi connectivity index (χ2v) is 12.1. The minimum atomic E-state index is -3.80. The summed E-state index contributed by atoms with van der Waals surface area (Å²) in [6.07, 6.45) is 1.01. The maximum absolute atomic E-state index is 13.6. The molecule has 2 fully saturated rings. The molecule has 2 aromatic rings. The zero-order valence-corrected chi connectivity index (χ0v) is 18.6. The van der Waals surface area contributed by atoms with Crippen molar-refractivity contribution in [1.82, 2.24) is 9.21 Å². The van der Waals surface area contributed by atoms with Gasteiger partial charge in [0.15, 0.2) is 9.84 Å². The highest BCUT2D eigenvalue weighted by Gasteiger charge is 2.38. The summed E-state index contributed by atoms with van der Waals surface area (Å²) in [6.45, 7) is 4.16. The van der Waals surface area contributed by atoms with Crippen molar-refractivity contribution in [1.29, 1.82) is 0 Å². The molecule has 0 spiro atoms. The number of morpholine rings is 1. The Hall–Kier alpha value is -1.52. The molecule has 30 heavy (non-hydrogen) atoms. The van der Waals surface area contributed by atoms with Gasteiger partial charge in [-0.25, -0.2) is 16.8 Å². The van der Waals surface area contributed by atoms with Gasteiger partial charge in [-0.15, -0.1) is 0 Å². The lowest BCUT2D eigenvalue weighted by Gasteiger charge is -2.30. The van der Waals surface area contributed by atoms with Crippen LogP contribution in [0.15, 0.2) is 47.4 Å². The van der Waals surface area contributed by atoms with Crippen LogP contribution in [-0.2, 0) is 24.6 Å². The number of benzene rings is 2. The molecule has 0 saturated carbocycles. The minimum absolute atomic E-state index is 0.0465. The third-order valence-electron chi connectivity index (χ3n) is 5.90. The van der Waals surface area contributed by atoms with Crippen molar-refractivity contribution < 1.29 is 21.6 Å². The number of hydrogen-bond acceptors (Lipinski definition) is 6. The van der Waals surface area contributed by atoms with Crippen LogP contribution < -0.4 is 0 Å². The second kappa shape index (κ2) is 8.92. The van der Waals surface area contributed by atoms with Crippen LogP contribution in [0.5, 0.6) is 0 Å². The number of hydrogen-bond donors (Lipinski definition) is 0. The van der Waals surface area contributed by atoms with E-state index in [2.05, 4.69) is 4.90 Å². The lowest BCUT2D eigenvalue weighted by molar-refractivity contribution is 0.0367. The highest BCUT2D eigenvalue weighted by atomic mass is 32.2. The Labute approximate surface area is 178 Å². The van der Waals surface area contributed by atoms with Gasteiger partial charge in [0.2, 0.25) is 10.0 Å². The van der Waals surface area contributed by atoms with Gasteiger partial charge in [-0.2, -0.15) is 4.31 Å². The largest absolute Gasteiger partial charge is 0.379 e. The summed E-state index contributed by atoms with van der Waals surface area (Å²) < 4.78 is 58.0. The fourth-order valence-corrected chi connectivity index (χ4v) is 7.79. The van der Waals surface area contributed by atoms with E-state index in [0.29, 0.717) is 32.6 Å². The van der Waals surface area contributed by atoms with Gasteiger partial charge in [0.05, 0.1) is 29.6 Å². The predicted octanol–water partition coefficient (Wildman–Crippen LogP) is 1.74. The first-order chi connectivity index (χ1) is 14.4. The fourth-order valence-electron chi connectivity index (χ4n) is 4.24. The van der Waals surface area contributed by atoms with Crippen LogP contribution in [0, 0.1) is 0 Å². The third-order valence-corrected chi connectivity index (χ3v) is 9.60. The lowest BCUT2D eigenvalue weighted by atomic mass is 10.1. The van der Waals surface area contributed by atoms with E-state index in [1.807, 2.05) is 24.3 Å². The van der Waals surface area contributed by atoms with E-state index < -0.39 is 25.9 Å². The van der Waals surface area contributed by atoms with Crippen molar-refractivity contribution in [2.24, 2.45) is 0 Å². The lowest BCUT2D eigenvalue weighted by Crippen LogP contribution is -2.43. The molecule has 7 nitrogen and oxygen atoms in total. The molecule has 9 heteroatoms. The molecule has 0 aromatic heterocycles. The van der Waals surface area contributed by atoms with Gasteiger partial charge in [-0.1, -0.05) is 30.3 Å².